The molecule has 5 nitrogen and oxygen atoms in total. The molecule has 1 fully saturated rings. The van der Waals surface area contributed by atoms with Crippen molar-refractivity contribution in [2.45, 2.75) is 26.3 Å². The van der Waals surface area contributed by atoms with E-state index in [-0.39, 0.29) is 11.5 Å². The molecule has 0 radical (unpaired) electrons. The minimum absolute atomic E-state index is 0.0202. The van der Waals surface area contributed by atoms with E-state index in [4.69, 9.17) is 5.11 Å². The number of nitrogens with one attached hydrogen (secondary N) is 1. The first-order valence-electron chi connectivity index (χ1n) is 7.36. The molecule has 0 aliphatic carbocycles. The number of aromatic carboxylic acids is 1. The summed E-state index contributed by atoms with van der Waals surface area (Å²) in [4.78, 5) is 24.8. The van der Waals surface area contributed by atoms with E-state index in [0.29, 0.717) is 13.1 Å². The highest BCUT2D eigenvalue weighted by molar-refractivity contribution is 5.87. The number of carboxylic acids is 1. The van der Waals surface area contributed by atoms with E-state index in [9.17, 15) is 9.59 Å². The first-order valence-corrected chi connectivity index (χ1v) is 7.36. The number of hydrogen-bond donors (Lipinski definition) is 2. The maximum atomic E-state index is 11.9. The number of carboxylic acid groups (broad SMARTS) is 1. The molecular weight excluding hydrogens is 268 g/mol. The molecule has 0 spiro atoms. The molecule has 0 aromatic heterocycles. The van der Waals surface area contributed by atoms with Gasteiger partial charge < -0.3 is 10.4 Å². The topological polar surface area (TPSA) is 69.6 Å². The summed E-state index contributed by atoms with van der Waals surface area (Å²) < 4.78 is 0. The number of benzene rings is 1. The van der Waals surface area contributed by atoms with Crippen molar-refractivity contribution < 1.29 is 14.7 Å². The van der Waals surface area contributed by atoms with Crippen molar-refractivity contribution in [2.24, 2.45) is 5.92 Å². The van der Waals surface area contributed by atoms with Gasteiger partial charge >= 0.3 is 5.97 Å². The molecule has 2 rings (SSSR count). The lowest BCUT2D eigenvalue weighted by Crippen LogP contribution is -2.41. The third-order valence-electron chi connectivity index (χ3n) is 3.93. The summed E-state index contributed by atoms with van der Waals surface area (Å²) >= 11 is 0. The fourth-order valence-corrected chi connectivity index (χ4v) is 2.44. The third kappa shape index (κ3) is 4.86. The summed E-state index contributed by atoms with van der Waals surface area (Å²) in [5.74, 6) is -0.158. The van der Waals surface area contributed by atoms with Crippen molar-refractivity contribution >= 4 is 11.9 Å². The summed E-state index contributed by atoms with van der Waals surface area (Å²) in [5, 5.41) is 11.7. The van der Waals surface area contributed by atoms with Crippen molar-refractivity contribution in [1.29, 1.82) is 0 Å². The van der Waals surface area contributed by atoms with Gasteiger partial charge in [0.2, 0.25) is 5.91 Å². The van der Waals surface area contributed by atoms with Crippen LogP contribution in [0.5, 0.6) is 0 Å². The maximum absolute atomic E-state index is 11.9. The Morgan fingerprint density at radius 2 is 1.86 bits per heavy atom. The molecule has 1 amide bonds. The van der Waals surface area contributed by atoms with Crippen LogP contribution in [0.25, 0.3) is 0 Å². The molecule has 0 unspecified atom stereocenters. The maximum Gasteiger partial charge on any atom is 0.335 e. The van der Waals surface area contributed by atoms with Gasteiger partial charge in [-0.05, 0) is 49.5 Å². The third-order valence-corrected chi connectivity index (χ3v) is 3.93. The van der Waals surface area contributed by atoms with E-state index < -0.39 is 5.97 Å². The number of amides is 1. The van der Waals surface area contributed by atoms with Gasteiger partial charge in [-0.1, -0.05) is 19.1 Å². The zero-order valence-electron chi connectivity index (χ0n) is 12.3. The van der Waals surface area contributed by atoms with Crippen LogP contribution >= 0.6 is 0 Å². The normalized spacial score (nSPS) is 16.6. The second-order valence-electron chi connectivity index (χ2n) is 5.74. The van der Waals surface area contributed by atoms with Crippen molar-refractivity contribution in [3.05, 3.63) is 35.4 Å². The van der Waals surface area contributed by atoms with Gasteiger partial charge in [-0.15, -0.1) is 0 Å². The average molecular weight is 290 g/mol. The fraction of sp³-hybridized carbons (Fsp3) is 0.500. The van der Waals surface area contributed by atoms with Crippen LogP contribution in [0.1, 0.15) is 35.7 Å². The highest BCUT2D eigenvalue weighted by Crippen LogP contribution is 2.15. The lowest BCUT2D eigenvalue weighted by atomic mass is 9.99. The molecule has 114 valence electrons. The van der Waals surface area contributed by atoms with E-state index >= 15 is 0 Å². The molecule has 1 aromatic carbocycles. The molecule has 1 aliphatic heterocycles. The van der Waals surface area contributed by atoms with Crippen LogP contribution in [-0.2, 0) is 11.3 Å². The van der Waals surface area contributed by atoms with Crippen molar-refractivity contribution in [1.82, 2.24) is 10.2 Å². The second kappa shape index (κ2) is 7.22. The van der Waals surface area contributed by atoms with Gasteiger partial charge in [-0.2, -0.15) is 0 Å². The van der Waals surface area contributed by atoms with E-state index in [1.807, 2.05) is 0 Å². The average Bonchev–Trinajstić information content (AvgIpc) is 2.48. The molecule has 0 bridgehead atoms. The summed E-state index contributed by atoms with van der Waals surface area (Å²) in [6.45, 7) is 5.10. The lowest BCUT2D eigenvalue weighted by Gasteiger charge is -2.29. The van der Waals surface area contributed by atoms with E-state index in [2.05, 4.69) is 17.1 Å². The smallest absolute Gasteiger partial charge is 0.335 e. The SMILES string of the molecule is CC1CCN(CC(=O)NCc2ccc(C(=O)O)cc2)CC1. The number of carbonyl (C=O) groups is 2. The number of rotatable bonds is 5. The van der Waals surface area contributed by atoms with E-state index in [1.165, 1.54) is 0 Å². The molecule has 1 heterocycles. The zero-order valence-corrected chi connectivity index (χ0v) is 12.3. The number of hydrogen-bond acceptors (Lipinski definition) is 3. The number of carbonyl (C=O) groups excluding carboxylic acids is 1. The van der Waals surface area contributed by atoms with Gasteiger partial charge in [-0.3, -0.25) is 9.69 Å². The molecule has 1 saturated heterocycles. The van der Waals surface area contributed by atoms with Crippen molar-refractivity contribution in [2.75, 3.05) is 19.6 Å². The van der Waals surface area contributed by atoms with Crippen LogP contribution in [0.3, 0.4) is 0 Å². The molecule has 0 atom stereocenters. The van der Waals surface area contributed by atoms with Gasteiger partial charge in [0.05, 0.1) is 12.1 Å². The van der Waals surface area contributed by atoms with Crippen molar-refractivity contribution in [3.8, 4) is 0 Å². The Kier molecular flexibility index (Phi) is 5.33. The molecule has 0 saturated carbocycles. The molecule has 2 N–H and O–H groups in total. The molecular formula is C16H22N2O3. The van der Waals surface area contributed by atoms with Gasteiger partial charge in [0.15, 0.2) is 0 Å². The Balaban J connectivity index is 1.74. The molecule has 1 aliphatic rings. The summed E-state index contributed by atoms with van der Waals surface area (Å²) in [6, 6.07) is 6.56. The Labute approximate surface area is 125 Å². The summed E-state index contributed by atoms with van der Waals surface area (Å²) in [6.07, 6.45) is 2.31. The first kappa shape index (κ1) is 15.5. The minimum atomic E-state index is -0.940. The predicted octanol–water partition coefficient (Wildman–Crippen LogP) is 1.73. The molecule has 1 aromatic rings. The lowest BCUT2D eigenvalue weighted by molar-refractivity contribution is -0.122. The van der Waals surface area contributed by atoms with Gasteiger partial charge in [0.1, 0.15) is 0 Å². The quantitative estimate of drug-likeness (QED) is 0.866. The Bertz CT molecular complexity index is 491. The van der Waals surface area contributed by atoms with Crippen LogP contribution in [0, 0.1) is 5.92 Å². The van der Waals surface area contributed by atoms with Crippen LogP contribution in [0.2, 0.25) is 0 Å². The van der Waals surface area contributed by atoms with Crippen LogP contribution in [-0.4, -0.2) is 41.5 Å². The Morgan fingerprint density at radius 1 is 1.24 bits per heavy atom. The monoisotopic (exact) mass is 290 g/mol. The number of likely N-dealkylation sites (tertiary alicyclic amines) is 1. The highest BCUT2D eigenvalue weighted by atomic mass is 16.4. The fourth-order valence-electron chi connectivity index (χ4n) is 2.44. The van der Waals surface area contributed by atoms with E-state index in [1.54, 1.807) is 24.3 Å². The van der Waals surface area contributed by atoms with Gasteiger partial charge in [0.25, 0.3) is 0 Å². The second-order valence-corrected chi connectivity index (χ2v) is 5.74. The summed E-state index contributed by atoms with van der Waals surface area (Å²) in [5.41, 5.74) is 1.16. The largest absolute Gasteiger partial charge is 0.478 e. The van der Waals surface area contributed by atoms with Gasteiger partial charge in [-0.25, -0.2) is 4.79 Å². The standard InChI is InChI=1S/C16H22N2O3/c1-12-6-8-18(9-7-12)11-15(19)17-10-13-2-4-14(5-3-13)16(20)21/h2-5,12H,6-11H2,1H3,(H,17,19)(H,20,21). The number of nitrogens with zero attached hydrogens (tertiary/aromatic N) is 1. The first-order chi connectivity index (χ1) is 10.0. The summed E-state index contributed by atoms with van der Waals surface area (Å²) in [7, 11) is 0. The zero-order chi connectivity index (χ0) is 15.2. The van der Waals surface area contributed by atoms with Gasteiger partial charge in [0, 0.05) is 6.54 Å². The van der Waals surface area contributed by atoms with E-state index in [0.717, 1.165) is 37.4 Å². The van der Waals surface area contributed by atoms with Crippen LogP contribution < -0.4 is 5.32 Å². The van der Waals surface area contributed by atoms with Crippen LogP contribution in [0.15, 0.2) is 24.3 Å². The highest BCUT2D eigenvalue weighted by Gasteiger charge is 2.17. The molecule has 5 heteroatoms. The predicted molar refractivity (Wildman–Crippen MR) is 80.1 cm³/mol. The Hall–Kier alpha value is -1.88. The Morgan fingerprint density at radius 3 is 2.43 bits per heavy atom. The molecule has 21 heavy (non-hydrogen) atoms. The number of piperidine rings is 1. The van der Waals surface area contributed by atoms with Crippen LogP contribution in [0.4, 0.5) is 0 Å². The minimum Gasteiger partial charge on any atom is -0.478 e. The van der Waals surface area contributed by atoms with Crippen molar-refractivity contribution in [3.63, 3.8) is 0 Å².